The van der Waals surface area contributed by atoms with Crippen molar-refractivity contribution in [1.29, 1.82) is 0 Å². The lowest BCUT2D eigenvalue weighted by atomic mass is 10.1. The van der Waals surface area contributed by atoms with Crippen LogP contribution in [0, 0.1) is 0 Å². The Balaban J connectivity index is 1.40. The molecule has 0 atom stereocenters. The smallest absolute Gasteiger partial charge is 0.251 e. The Bertz CT molecular complexity index is 1380. The van der Waals surface area contributed by atoms with E-state index in [1.54, 1.807) is 18.5 Å². The number of hydrogen-bond acceptors (Lipinski definition) is 4. The van der Waals surface area contributed by atoms with Crippen LogP contribution in [0.3, 0.4) is 0 Å². The van der Waals surface area contributed by atoms with Crippen molar-refractivity contribution < 1.29 is 4.79 Å². The number of benzene rings is 2. The Hall–Kier alpha value is -4.13. The Morgan fingerprint density at radius 3 is 2.61 bits per heavy atom. The Labute approximate surface area is 179 Å². The van der Waals surface area contributed by atoms with E-state index in [-0.39, 0.29) is 5.91 Å². The van der Waals surface area contributed by atoms with Crippen molar-refractivity contribution in [3.63, 3.8) is 0 Å². The van der Waals surface area contributed by atoms with Crippen molar-refractivity contribution in [3.05, 3.63) is 78.1 Å². The molecule has 0 aliphatic rings. The summed E-state index contributed by atoms with van der Waals surface area (Å²) >= 11 is 0. The van der Waals surface area contributed by atoms with Crippen LogP contribution in [0.4, 0.5) is 5.82 Å². The number of fused-ring (bicyclic) bond motifs is 3. The van der Waals surface area contributed by atoms with Crippen LogP contribution >= 0.6 is 0 Å². The minimum Gasteiger partial charge on any atom is -0.371 e. The number of aromatic nitrogens is 4. The van der Waals surface area contributed by atoms with Gasteiger partial charge in [0.05, 0.1) is 11.8 Å². The number of pyridine rings is 1. The van der Waals surface area contributed by atoms with E-state index < -0.39 is 0 Å². The summed E-state index contributed by atoms with van der Waals surface area (Å²) in [6, 6.07) is 19.5. The Morgan fingerprint density at radius 1 is 1.10 bits per heavy atom. The molecule has 3 aromatic heterocycles. The highest BCUT2D eigenvalue weighted by Crippen LogP contribution is 2.31. The summed E-state index contributed by atoms with van der Waals surface area (Å²) in [6.45, 7) is 0.476. The van der Waals surface area contributed by atoms with Crippen molar-refractivity contribution in [1.82, 2.24) is 24.8 Å². The highest BCUT2D eigenvalue weighted by Gasteiger charge is 2.15. The second kappa shape index (κ2) is 7.60. The minimum atomic E-state index is -0.0769. The molecule has 154 valence electrons. The predicted molar refractivity (Wildman–Crippen MR) is 123 cm³/mol. The summed E-state index contributed by atoms with van der Waals surface area (Å²) in [5.74, 6) is 0.674. The monoisotopic (exact) mass is 410 g/mol. The molecular weight excluding hydrogens is 388 g/mol. The molecule has 5 rings (SSSR count). The predicted octanol–water partition coefficient (Wildman–Crippen LogP) is 4.09. The zero-order valence-electron chi connectivity index (χ0n) is 17.3. The molecule has 7 nitrogen and oxygen atoms in total. The number of carbonyl (C=O) groups is 1. The van der Waals surface area contributed by atoms with Gasteiger partial charge in [0.25, 0.3) is 5.91 Å². The van der Waals surface area contributed by atoms with Gasteiger partial charge in [0.2, 0.25) is 0 Å². The Morgan fingerprint density at radius 2 is 1.87 bits per heavy atom. The van der Waals surface area contributed by atoms with Crippen LogP contribution in [0.25, 0.3) is 33.3 Å². The average Bonchev–Trinajstić information content (AvgIpc) is 3.41. The van der Waals surface area contributed by atoms with Gasteiger partial charge in [-0.05, 0) is 29.3 Å². The number of amides is 1. The summed E-state index contributed by atoms with van der Waals surface area (Å²) in [4.78, 5) is 24.8. The summed E-state index contributed by atoms with van der Waals surface area (Å²) < 4.78 is 2.01. The van der Waals surface area contributed by atoms with E-state index in [0.29, 0.717) is 12.1 Å². The number of hydrogen-bond donors (Lipinski definition) is 3. The highest BCUT2D eigenvalue weighted by atomic mass is 16.1. The lowest BCUT2D eigenvalue weighted by Crippen LogP contribution is -2.22. The van der Waals surface area contributed by atoms with Crippen LogP contribution < -0.4 is 10.6 Å². The maximum Gasteiger partial charge on any atom is 0.251 e. The molecule has 5 aromatic rings. The van der Waals surface area contributed by atoms with Crippen LogP contribution in [0.15, 0.2) is 67.0 Å². The van der Waals surface area contributed by atoms with Gasteiger partial charge in [0.15, 0.2) is 5.82 Å². The van der Waals surface area contributed by atoms with Gasteiger partial charge in [-0.1, -0.05) is 42.5 Å². The summed E-state index contributed by atoms with van der Waals surface area (Å²) in [7, 11) is 3.83. The zero-order chi connectivity index (χ0) is 21.4. The van der Waals surface area contributed by atoms with E-state index in [1.807, 2.05) is 61.1 Å². The zero-order valence-corrected chi connectivity index (χ0v) is 17.3. The fraction of sp³-hybridized carbons (Fsp3) is 0.125. The first-order valence-electron chi connectivity index (χ1n) is 10.1. The Kier molecular flexibility index (Phi) is 4.63. The van der Waals surface area contributed by atoms with Gasteiger partial charge in [0.1, 0.15) is 11.2 Å². The molecule has 0 unspecified atom stereocenters. The first-order chi connectivity index (χ1) is 15.1. The van der Waals surface area contributed by atoms with Crippen LogP contribution in [0.1, 0.15) is 15.9 Å². The van der Waals surface area contributed by atoms with E-state index in [1.165, 1.54) is 0 Å². The summed E-state index contributed by atoms with van der Waals surface area (Å²) in [6.07, 6.45) is 1.80. The van der Waals surface area contributed by atoms with Gasteiger partial charge >= 0.3 is 0 Å². The van der Waals surface area contributed by atoms with Crippen LogP contribution in [0.5, 0.6) is 0 Å². The third-order valence-corrected chi connectivity index (χ3v) is 5.43. The molecule has 0 aliphatic heterocycles. The first-order valence-corrected chi connectivity index (χ1v) is 10.1. The number of rotatable bonds is 5. The molecule has 0 radical (unpaired) electrons. The van der Waals surface area contributed by atoms with Gasteiger partial charge in [-0.15, -0.1) is 0 Å². The molecule has 0 bridgehead atoms. The van der Waals surface area contributed by atoms with E-state index in [4.69, 9.17) is 0 Å². The number of imidazole rings is 1. The fourth-order valence-corrected chi connectivity index (χ4v) is 3.80. The number of aryl methyl sites for hydroxylation is 1. The van der Waals surface area contributed by atoms with Crippen LogP contribution in [-0.4, -0.2) is 32.5 Å². The number of H-pyrrole nitrogens is 1. The van der Waals surface area contributed by atoms with Crippen molar-refractivity contribution >= 4 is 33.8 Å². The first kappa shape index (κ1) is 18.9. The molecule has 0 fully saturated rings. The molecular formula is C24H22N6O. The highest BCUT2D eigenvalue weighted by molar-refractivity contribution is 6.07. The van der Waals surface area contributed by atoms with Gasteiger partial charge in [-0.25, -0.2) is 9.97 Å². The van der Waals surface area contributed by atoms with Crippen LogP contribution in [0.2, 0.25) is 0 Å². The average molecular weight is 410 g/mol. The van der Waals surface area contributed by atoms with E-state index in [2.05, 4.69) is 31.7 Å². The molecule has 1 amide bonds. The lowest BCUT2D eigenvalue weighted by molar-refractivity contribution is 0.0951. The quantitative estimate of drug-likeness (QED) is 0.407. The van der Waals surface area contributed by atoms with Gasteiger partial charge in [-0.2, -0.15) is 0 Å². The van der Waals surface area contributed by atoms with E-state index in [9.17, 15) is 4.79 Å². The fourth-order valence-electron chi connectivity index (χ4n) is 3.80. The molecule has 3 heterocycles. The third-order valence-electron chi connectivity index (χ3n) is 5.43. The third kappa shape index (κ3) is 3.40. The van der Waals surface area contributed by atoms with Crippen molar-refractivity contribution in [3.8, 4) is 11.3 Å². The largest absolute Gasteiger partial charge is 0.371 e. The SMILES string of the molecule is CNc1nc2[nH]c(-c3ccc(CNC(=O)c4ccccc4)cc3)cc2c2c1ncn2C. The minimum absolute atomic E-state index is 0.0769. The number of aromatic amines is 1. The molecule has 0 saturated carbocycles. The maximum absolute atomic E-state index is 12.2. The second-order valence-electron chi connectivity index (χ2n) is 7.45. The number of anilines is 1. The van der Waals surface area contributed by atoms with Crippen LogP contribution in [-0.2, 0) is 13.6 Å². The van der Waals surface area contributed by atoms with Crippen molar-refractivity contribution in [2.24, 2.45) is 7.05 Å². The van der Waals surface area contributed by atoms with E-state index >= 15 is 0 Å². The standard InChI is InChI=1S/C24H22N6O/c1-25-23-20-21(30(2)14-27-20)18-12-19(28-22(18)29-23)16-10-8-15(9-11-16)13-26-24(31)17-6-4-3-5-7-17/h3-12,14H,13H2,1-2H3,(H,26,31)(H2,25,28,29). The van der Waals surface area contributed by atoms with Crippen molar-refractivity contribution in [2.45, 2.75) is 6.54 Å². The summed E-state index contributed by atoms with van der Waals surface area (Å²) in [5, 5.41) is 7.11. The molecule has 0 saturated heterocycles. The molecule has 0 aliphatic carbocycles. The molecule has 7 heteroatoms. The summed E-state index contributed by atoms with van der Waals surface area (Å²) in [5.41, 5.74) is 6.44. The van der Waals surface area contributed by atoms with Crippen molar-refractivity contribution in [2.75, 3.05) is 12.4 Å². The molecule has 31 heavy (non-hydrogen) atoms. The van der Waals surface area contributed by atoms with Gasteiger partial charge in [-0.3, -0.25) is 4.79 Å². The normalized spacial score (nSPS) is 11.2. The second-order valence-corrected chi connectivity index (χ2v) is 7.45. The van der Waals surface area contributed by atoms with Gasteiger partial charge < -0.3 is 20.2 Å². The molecule has 2 aromatic carbocycles. The maximum atomic E-state index is 12.2. The number of nitrogens with zero attached hydrogens (tertiary/aromatic N) is 3. The topological polar surface area (TPSA) is 87.6 Å². The number of carbonyl (C=O) groups excluding carboxylic acids is 1. The lowest BCUT2D eigenvalue weighted by Gasteiger charge is -2.06. The van der Waals surface area contributed by atoms with E-state index in [0.717, 1.165) is 44.7 Å². The molecule has 3 N–H and O–H groups in total. The molecule has 0 spiro atoms. The van der Waals surface area contributed by atoms with Gasteiger partial charge in [0, 0.05) is 37.3 Å². The number of nitrogens with one attached hydrogen (secondary N) is 3.